The van der Waals surface area contributed by atoms with E-state index in [1.807, 2.05) is 34.6 Å². The van der Waals surface area contributed by atoms with Gasteiger partial charge in [-0.25, -0.2) is 4.79 Å². The Morgan fingerprint density at radius 2 is 1.92 bits per heavy atom. The minimum absolute atomic E-state index is 0.0148. The monoisotopic (exact) mass is 342 g/mol. The number of nitrogens with two attached hydrogens (primary N) is 2. The predicted octanol–water partition coefficient (Wildman–Crippen LogP) is 2.30. The highest BCUT2D eigenvalue weighted by Gasteiger charge is 2.26. The molecule has 0 radical (unpaired) electrons. The van der Waals surface area contributed by atoms with Crippen LogP contribution in [-0.4, -0.2) is 43.2 Å². The zero-order valence-corrected chi connectivity index (χ0v) is 15.9. The van der Waals surface area contributed by atoms with Gasteiger partial charge in [0.25, 0.3) is 0 Å². The standard InChI is InChI=1S/C15H28N4O3.C2H6/c1-15(2,3)22-14(20)19-10-5-6-12(21-8-7-10)13(18-4)11(17)9-16;1-2/h9-10,12H,5-8,16-17H2,1-4H3,(H,19,20);1-2H3/b11-9+,18-13?;. The first kappa shape index (κ1) is 22.2. The average molecular weight is 342 g/mol. The van der Waals surface area contributed by atoms with Gasteiger partial charge in [0.1, 0.15) is 11.7 Å². The van der Waals surface area contributed by atoms with Crippen molar-refractivity contribution in [3.05, 3.63) is 11.9 Å². The first-order chi connectivity index (χ1) is 11.3. The summed E-state index contributed by atoms with van der Waals surface area (Å²) in [6.07, 6.45) is 2.92. The van der Waals surface area contributed by atoms with Crippen molar-refractivity contribution in [2.24, 2.45) is 16.5 Å². The van der Waals surface area contributed by atoms with Gasteiger partial charge in [-0.1, -0.05) is 13.8 Å². The molecule has 0 aliphatic carbocycles. The predicted molar refractivity (Wildman–Crippen MR) is 97.9 cm³/mol. The molecule has 0 saturated carbocycles. The number of carbonyl (C=O) groups excluding carboxylic acids is 1. The van der Waals surface area contributed by atoms with Crippen LogP contribution in [0.5, 0.6) is 0 Å². The summed E-state index contributed by atoms with van der Waals surface area (Å²) in [5.41, 5.74) is 11.9. The van der Waals surface area contributed by atoms with Crippen LogP contribution in [0.1, 0.15) is 53.9 Å². The Bertz CT molecular complexity index is 442. The van der Waals surface area contributed by atoms with Gasteiger partial charge in [-0.05, 0) is 40.0 Å². The highest BCUT2D eigenvalue weighted by Crippen LogP contribution is 2.18. The van der Waals surface area contributed by atoms with Crippen molar-refractivity contribution in [2.45, 2.75) is 71.6 Å². The molecule has 24 heavy (non-hydrogen) atoms. The summed E-state index contributed by atoms with van der Waals surface area (Å²) in [7, 11) is 1.66. The van der Waals surface area contributed by atoms with E-state index in [4.69, 9.17) is 20.9 Å². The Kier molecular flexibility index (Phi) is 10.1. The third kappa shape index (κ3) is 8.19. The third-order valence-electron chi connectivity index (χ3n) is 3.30. The number of rotatable bonds is 3. The summed E-state index contributed by atoms with van der Waals surface area (Å²) in [6, 6.07) is 0.0148. The molecule has 0 aromatic rings. The molecule has 2 atom stereocenters. The lowest BCUT2D eigenvalue weighted by Crippen LogP contribution is -2.39. The van der Waals surface area contributed by atoms with Crippen molar-refractivity contribution >= 4 is 11.8 Å². The number of nitrogens with one attached hydrogen (secondary N) is 1. The summed E-state index contributed by atoms with van der Waals surface area (Å²) in [5, 5.41) is 2.88. The highest BCUT2D eigenvalue weighted by atomic mass is 16.6. The number of ether oxygens (including phenoxy) is 2. The smallest absolute Gasteiger partial charge is 0.407 e. The second kappa shape index (κ2) is 10.9. The van der Waals surface area contributed by atoms with E-state index in [0.29, 0.717) is 24.4 Å². The maximum Gasteiger partial charge on any atom is 0.407 e. The highest BCUT2D eigenvalue weighted by molar-refractivity contribution is 6.02. The van der Waals surface area contributed by atoms with Crippen LogP contribution in [0.2, 0.25) is 0 Å². The Labute approximate surface area is 145 Å². The molecular weight excluding hydrogens is 308 g/mol. The fourth-order valence-electron chi connectivity index (χ4n) is 2.31. The van der Waals surface area contributed by atoms with Crippen LogP contribution < -0.4 is 16.8 Å². The molecule has 7 heteroatoms. The van der Waals surface area contributed by atoms with E-state index in [2.05, 4.69) is 10.3 Å². The van der Waals surface area contributed by atoms with Gasteiger partial charge in [0.2, 0.25) is 0 Å². The number of carbonyl (C=O) groups is 1. The molecule has 7 nitrogen and oxygen atoms in total. The molecule has 0 aromatic heterocycles. The van der Waals surface area contributed by atoms with Gasteiger partial charge in [0, 0.05) is 25.9 Å². The van der Waals surface area contributed by atoms with E-state index in [1.54, 1.807) is 7.05 Å². The minimum atomic E-state index is -0.504. The van der Waals surface area contributed by atoms with Gasteiger partial charge in [0.05, 0.1) is 11.4 Å². The topological polar surface area (TPSA) is 112 Å². The number of nitrogens with zero attached hydrogens (tertiary/aromatic N) is 1. The molecule has 5 N–H and O–H groups in total. The Morgan fingerprint density at radius 1 is 1.29 bits per heavy atom. The molecule has 1 heterocycles. The zero-order valence-electron chi connectivity index (χ0n) is 15.9. The molecular formula is C17H34N4O3. The van der Waals surface area contributed by atoms with Crippen molar-refractivity contribution in [1.29, 1.82) is 0 Å². The molecule has 1 amide bonds. The minimum Gasteiger partial charge on any atom is -0.444 e. The van der Waals surface area contributed by atoms with Gasteiger partial charge in [0.15, 0.2) is 0 Å². The molecule has 1 fully saturated rings. The second-order valence-electron chi connectivity index (χ2n) is 6.30. The summed E-state index contributed by atoms with van der Waals surface area (Å²) in [4.78, 5) is 16.0. The van der Waals surface area contributed by atoms with Crippen molar-refractivity contribution < 1.29 is 14.3 Å². The van der Waals surface area contributed by atoms with E-state index < -0.39 is 11.7 Å². The van der Waals surface area contributed by atoms with Crippen molar-refractivity contribution in [3.8, 4) is 0 Å². The molecule has 0 aromatic carbocycles. The molecule has 0 spiro atoms. The summed E-state index contributed by atoms with van der Waals surface area (Å²) < 4.78 is 11.1. The largest absolute Gasteiger partial charge is 0.444 e. The Hall–Kier alpha value is -1.76. The quantitative estimate of drug-likeness (QED) is 0.681. The van der Waals surface area contributed by atoms with Crippen LogP contribution in [0.3, 0.4) is 0 Å². The van der Waals surface area contributed by atoms with Gasteiger partial charge in [-0.15, -0.1) is 0 Å². The molecule has 1 saturated heterocycles. The van der Waals surface area contributed by atoms with Crippen molar-refractivity contribution in [2.75, 3.05) is 13.7 Å². The second-order valence-corrected chi connectivity index (χ2v) is 6.30. The lowest BCUT2D eigenvalue weighted by molar-refractivity contribution is 0.0496. The van der Waals surface area contributed by atoms with Gasteiger partial charge < -0.3 is 26.3 Å². The summed E-state index contributed by atoms with van der Waals surface area (Å²) in [6.45, 7) is 10.0. The number of hydrogen-bond acceptors (Lipinski definition) is 6. The molecule has 140 valence electrons. The van der Waals surface area contributed by atoms with E-state index in [1.165, 1.54) is 6.20 Å². The normalized spacial score (nSPS) is 22.8. The van der Waals surface area contributed by atoms with Crippen molar-refractivity contribution in [1.82, 2.24) is 5.32 Å². The number of hydrogen-bond donors (Lipinski definition) is 3. The van der Waals surface area contributed by atoms with Gasteiger partial charge in [-0.2, -0.15) is 0 Å². The lowest BCUT2D eigenvalue weighted by Gasteiger charge is -2.22. The first-order valence-corrected chi connectivity index (χ1v) is 8.52. The van der Waals surface area contributed by atoms with Gasteiger partial charge in [-0.3, -0.25) is 4.99 Å². The number of amides is 1. The SMILES string of the molecule is CC.CN=C(/C(N)=C\N)C1CCC(NC(=O)OC(C)(C)C)CCO1. The van der Waals surface area contributed by atoms with Crippen LogP contribution in [-0.2, 0) is 9.47 Å². The molecule has 0 bridgehead atoms. The fourth-order valence-corrected chi connectivity index (χ4v) is 2.31. The van der Waals surface area contributed by atoms with Crippen LogP contribution >= 0.6 is 0 Å². The van der Waals surface area contributed by atoms with E-state index in [0.717, 1.165) is 12.8 Å². The van der Waals surface area contributed by atoms with E-state index in [9.17, 15) is 4.79 Å². The summed E-state index contributed by atoms with van der Waals surface area (Å²) in [5.74, 6) is 0. The maximum absolute atomic E-state index is 11.8. The maximum atomic E-state index is 11.8. The van der Waals surface area contributed by atoms with Crippen LogP contribution in [0.25, 0.3) is 0 Å². The summed E-state index contributed by atoms with van der Waals surface area (Å²) >= 11 is 0. The first-order valence-electron chi connectivity index (χ1n) is 8.52. The lowest BCUT2D eigenvalue weighted by atomic mass is 10.0. The van der Waals surface area contributed by atoms with Crippen LogP contribution in [0.15, 0.2) is 16.9 Å². The van der Waals surface area contributed by atoms with E-state index in [-0.39, 0.29) is 12.1 Å². The molecule has 2 unspecified atom stereocenters. The van der Waals surface area contributed by atoms with Crippen molar-refractivity contribution in [3.63, 3.8) is 0 Å². The number of alkyl carbamates (subject to hydrolysis) is 1. The zero-order chi connectivity index (χ0) is 18.8. The van der Waals surface area contributed by atoms with E-state index >= 15 is 0 Å². The third-order valence-corrected chi connectivity index (χ3v) is 3.30. The Morgan fingerprint density at radius 3 is 2.42 bits per heavy atom. The van der Waals surface area contributed by atoms with Gasteiger partial charge >= 0.3 is 6.09 Å². The molecule has 1 aliphatic rings. The molecule has 1 aliphatic heterocycles. The fraction of sp³-hybridized carbons (Fsp3) is 0.765. The molecule has 1 rings (SSSR count). The average Bonchev–Trinajstić information content (AvgIpc) is 2.74. The van der Waals surface area contributed by atoms with Crippen LogP contribution in [0.4, 0.5) is 4.79 Å². The Balaban J connectivity index is 0.00000254. The van der Waals surface area contributed by atoms with Crippen LogP contribution in [0, 0.1) is 0 Å². The number of aliphatic imine (C=N–C) groups is 1.